The number of sulfonamides is 1. The molecule has 1 aromatic carbocycles. The van der Waals surface area contributed by atoms with Crippen molar-refractivity contribution in [3.8, 4) is 0 Å². The molecule has 0 saturated carbocycles. The Kier molecular flexibility index (Phi) is 4.84. The Morgan fingerprint density at radius 2 is 2.00 bits per heavy atom. The molecule has 1 aliphatic rings. The van der Waals surface area contributed by atoms with E-state index in [1.165, 1.54) is 34.8 Å². The van der Waals surface area contributed by atoms with E-state index in [0.717, 1.165) is 0 Å². The van der Waals surface area contributed by atoms with Crippen molar-refractivity contribution in [2.45, 2.75) is 23.8 Å². The number of carbonyl (C=O) groups excluding carboxylic acids is 1. The number of halogens is 1. The summed E-state index contributed by atoms with van der Waals surface area (Å²) in [6.07, 6.45) is 4.24. The van der Waals surface area contributed by atoms with E-state index in [2.05, 4.69) is 10.3 Å². The number of anilines is 1. The number of benzene rings is 1. The number of rotatable bonds is 4. The molecule has 2 aromatic rings. The second kappa shape index (κ2) is 6.88. The molecule has 1 saturated heterocycles. The average Bonchev–Trinajstić information content (AvgIpc) is 3.07. The molecule has 1 fully saturated rings. The smallest absolute Gasteiger partial charge is 0.243 e. The molecular formula is C16H16ClN3O3S. The summed E-state index contributed by atoms with van der Waals surface area (Å²) in [7, 11) is -3.74. The van der Waals surface area contributed by atoms with Crippen LogP contribution in [-0.4, -0.2) is 36.2 Å². The minimum atomic E-state index is -3.74. The molecule has 1 amide bonds. The van der Waals surface area contributed by atoms with Gasteiger partial charge in [0.05, 0.1) is 16.8 Å². The third kappa shape index (κ3) is 3.43. The summed E-state index contributed by atoms with van der Waals surface area (Å²) in [4.78, 5) is 16.6. The third-order valence-electron chi connectivity index (χ3n) is 3.86. The van der Waals surface area contributed by atoms with Gasteiger partial charge < -0.3 is 5.32 Å². The molecule has 8 heteroatoms. The highest BCUT2D eigenvalue weighted by atomic mass is 35.5. The van der Waals surface area contributed by atoms with Crippen LogP contribution in [0.4, 0.5) is 5.69 Å². The van der Waals surface area contributed by atoms with Crippen molar-refractivity contribution < 1.29 is 13.2 Å². The van der Waals surface area contributed by atoms with Crippen molar-refractivity contribution >= 4 is 33.2 Å². The quantitative estimate of drug-likeness (QED) is 0.902. The van der Waals surface area contributed by atoms with Crippen LogP contribution in [0, 0.1) is 0 Å². The lowest BCUT2D eigenvalue weighted by atomic mass is 10.2. The lowest BCUT2D eigenvalue weighted by Crippen LogP contribution is -2.43. The van der Waals surface area contributed by atoms with Gasteiger partial charge >= 0.3 is 0 Å². The van der Waals surface area contributed by atoms with Crippen LogP contribution < -0.4 is 5.32 Å². The molecule has 126 valence electrons. The van der Waals surface area contributed by atoms with Crippen LogP contribution in [0.15, 0.2) is 53.7 Å². The van der Waals surface area contributed by atoms with Crippen molar-refractivity contribution in [1.29, 1.82) is 0 Å². The van der Waals surface area contributed by atoms with Gasteiger partial charge in [-0.05, 0) is 49.2 Å². The minimum absolute atomic E-state index is 0.132. The van der Waals surface area contributed by atoms with E-state index in [-0.39, 0.29) is 10.8 Å². The Morgan fingerprint density at radius 1 is 1.25 bits per heavy atom. The monoisotopic (exact) mass is 365 g/mol. The molecule has 0 unspecified atom stereocenters. The Balaban J connectivity index is 1.82. The van der Waals surface area contributed by atoms with Gasteiger partial charge in [-0.15, -0.1) is 0 Å². The fraction of sp³-hybridized carbons (Fsp3) is 0.250. The third-order valence-corrected chi connectivity index (χ3v) is 6.03. The predicted molar refractivity (Wildman–Crippen MR) is 91.2 cm³/mol. The van der Waals surface area contributed by atoms with Crippen LogP contribution in [0.25, 0.3) is 0 Å². The molecule has 1 atom stereocenters. The molecular weight excluding hydrogens is 350 g/mol. The fourth-order valence-corrected chi connectivity index (χ4v) is 4.48. The predicted octanol–water partition coefficient (Wildman–Crippen LogP) is 2.53. The summed E-state index contributed by atoms with van der Waals surface area (Å²) >= 11 is 5.81. The summed E-state index contributed by atoms with van der Waals surface area (Å²) < 4.78 is 26.9. The van der Waals surface area contributed by atoms with Crippen LogP contribution in [0.5, 0.6) is 0 Å². The highest BCUT2D eigenvalue weighted by Gasteiger charge is 2.39. The standard InChI is InChI=1S/C16H16ClN3O3S/c17-12-5-7-14(8-6-12)24(22,23)20-10-2-4-15(20)16(21)19-13-3-1-9-18-11-13/h1,3,5-9,11,15H,2,4,10H2,(H,19,21)/t15-/m0/s1. The molecule has 24 heavy (non-hydrogen) atoms. The normalized spacial score (nSPS) is 18.5. The Bertz CT molecular complexity index is 825. The topological polar surface area (TPSA) is 79.4 Å². The summed E-state index contributed by atoms with van der Waals surface area (Å²) in [6, 6.07) is 8.62. The number of aromatic nitrogens is 1. The van der Waals surface area contributed by atoms with Gasteiger partial charge in [0.15, 0.2) is 0 Å². The van der Waals surface area contributed by atoms with Crippen LogP contribution in [0.1, 0.15) is 12.8 Å². The molecule has 1 aromatic heterocycles. The van der Waals surface area contributed by atoms with Crippen molar-refractivity contribution in [2.24, 2.45) is 0 Å². The van der Waals surface area contributed by atoms with E-state index < -0.39 is 16.1 Å². The average molecular weight is 366 g/mol. The van der Waals surface area contributed by atoms with Crippen molar-refractivity contribution in [3.05, 3.63) is 53.8 Å². The number of amides is 1. The Labute approximate surface area is 145 Å². The number of hydrogen-bond donors (Lipinski definition) is 1. The van der Waals surface area contributed by atoms with E-state index in [4.69, 9.17) is 11.6 Å². The number of carbonyl (C=O) groups is 1. The molecule has 0 aliphatic carbocycles. The van der Waals surface area contributed by atoms with E-state index in [1.807, 2.05) is 0 Å². The van der Waals surface area contributed by atoms with Gasteiger partial charge in [0.1, 0.15) is 6.04 Å². The zero-order valence-electron chi connectivity index (χ0n) is 12.7. The molecule has 0 bridgehead atoms. The first-order valence-corrected chi connectivity index (χ1v) is 9.28. The lowest BCUT2D eigenvalue weighted by Gasteiger charge is -2.23. The van der Waals surface area contributed by atoms with Gasteiger partial charge in [0.25, 0.3) is 0 Å². The minimum Gasteiger partial charge on any atom is -0.323 e. The van der Waals surface area contributed by atoms with E-state index >= 15 is 0 Å². The fourth-order valence-electron chi connectivity index (χ4n) is 2.69. The zero-order valence-corrected chi connectivity index (χ0v) is 14.3. The number of hydrogen-bond acceptors (Lipinski definition) is 4. The molecule has 0 radical (unpaired) electrons. The first-order valence-electron chi connectivity index (χ1n) is 7.47. The molecule has 2 heterocycles. The molecule has 0 spiro atoms. The lowest BCUT2D eigenvalue weighted by molar-refractivity contribution is -0.119. The number of nitrogens with zero attached hydrogens (tertiary/aromatic N) is 2. The van der Waals surface area contributed by atoms with Gasteiger partial charge in [-0.3, -0.25) is 9.78 Å². The summed E-state index contributed by atoms with van der Waals surface area (Å²) in [6.45, 7) is 0.316. The maximum Gasteiger partial charge on any atom is 0.243 e. The molecule has 1 aliphatic heterocycles. The van der Waals surface area contributed by atoms with Crippen LogP contribution in [0.3, 0.4) is 0 Å². The maximum atomic E-state index is 12.8. The van der Waals surface area contributed by atoms with Gasteiger partial charge in [-0.2, -0.15) is 4.31 Å². The largest absolute Gasteiger partial charge is 0.323 e. The van der Waals surface area contributed by atoms with Gasteiger partial charge in [0.2, 0.25) is 15.9 Å². The van der Waals surface area contributed by atoms with Gasteiger partial charge in [-0.1, -0.05) is 11.6 Å². The van der Waals surface area contributed by atoms with E-state index in [1.54, 1.807) is 18.3 Å². The van der Waals surface area contributed by atoms with Crippen molar-refractivity contribution in [3.63, 3.8) is 0 Å². The van der Waals surface area contributed by atoms with Gasteiger partial charge in [-0.25, -0.2) is 8.42 Å². The maximum absolute atomic E-state index is 12.8. The number of pyridine rings is 1. The molecule has 3 rings (SSSR count). The van der Waals surface area contributed by atoms with Crippen molar-refractivity contribution in [2.75, 3.05) is 11.9 Å². The zero-order chi connectivity index (χ0) is 17.2. The first-order chi connectivity index (χ1) is 11.5. The summed E-state index contributed by atoms with van der Waals surface area (Å²) in [5, 5.41) is 3.18. The van der Waals surface area contributed by atoms with E-state index in [0.29, 0.717) is 30.1 Å². The summed E-state index contributed by atoms with van der Waals surface area (Å²) in [5.41, 5.74) is 0.540. The second-order valence-corrected chi connectivity index (χ2v) is 7.79. The highest BCUT2D eigenvalue weighted by Crippen LogP contribution is 2.27. The Hall–Kier alpha value is -1.96. The van der Waals surface area contributed by atoms with Crippen molar-refractivity contribution in [1.82, 2.24) is 9.29 Å². The van der Waals surface area contributed by atoms with Crippen LogP contribution >= 0.6 is 11.6 Å². The first kappa shape index (κ1) is 16.9. The van der Waals surface area contributed by atoms with Crippen LogP contribution in [-0.2, 0) is 14.8 Å². The SMILES string of the molecule is O=C(Nc1cccnc1)[C@@H]1CCCN1S(=O)(=O)c1ccc(Cl)cc1. The number of nitrogens with one attached hydrogen (secondary N) is 1. The molecule has 1 N–H and O–H groups in total. The summed E-state index contributed by atoms with van der Waals surface area (Å²) in [5.74, 6) is -0.349. The van der Waals surface area contributed by atoms with Gasteiger partial charge in [0, 0.05) is 17.8 Å². The molecule has 6 nitrogen and oxygen atoms in total. The van der Waals surface area contributed by atoms with Crippen LogP contribution in [0.2, 0.25) is 5.02 Å². The van der Waals surface area contributed by atoms with E-state index in [9.17, 15) is 13.2 Å². The second-order valence-electron chi connectivity index (χ2n) is 5.46. The highest BCUT2D eigenvalue weighted by molar-refractivity contribution is 7.89. The Morgan fingerprint density at radius 3 is 2.67 bits per heavy atom.